The van der Waals surface area contributed by atoms with E-state index in [-0.39, 0.29) is 5.54 Å². The third-order valence-electron chi connectivity index (χ3n) is 4.66. The summed E-state index contributed by atoms with van der Waals surface area (Å²) >= 11 is 0. The van der Waals surface area contributed by atoms with Gasteiger partial charge in [0.2, 0.25) is 0 Å². The van der Waals surface area contributed by atoms with E-state index in [1.807, 2.05) is 0 Å². The first-order valence-corrected chi connectivity index (χ1v) is 7.81. The second kappa shape index (κ2) is 6.88. The number of ether oxygens (including phenoxy) is 1. The van der Waals surface area contributed by atoms with Crippen molar-refractivity contribution in [2.75, 3.05) is 32.8 Å². The molecule has 2 rings (SSSR count). The van der Waals surface area contributed by atoms with E-state index in [0.717, 1.165) is 38.5 Å². The van der Waals surface area contributed by atoms with Gasteiger partial charge in [0, 0.05) is 25.3 Å². The fourth-order valence-electron chi connectivity index (χ4n) is 3.46. The van der Waals surface area contributed by atoms with Crippen LogP contribution in [0.2, 0.25) is 0 Å². The van der Waals surface area contributed by atoms with E-state index in [1.54, 1.807) is 0 Å². The predicted octanol–water partition coefficient (Wildman–Crippen LogP) is 2.40. The van der Waals surface area contributed by atoms with Gasteiger partial charge < -0.3 is 15.4 Å². The van der Waals surface area contributed by atoms with Crippen molar-refractivity contribution in [2.24, 2.45) is 11.7 Å². The van der Waals surface area contributed by atoms with Gasteiger partial charge in [0.1, 0.15) is 0 Å². The minimum absolute atomic E-state index is 0.0167. The SMILES string of the molecule is CCCC1CCCN(CC2(N)CCOCC2)CC1. The van der Waals surface area contributed by atoms with Gasteiger partial charge >= 0.3 is 0 Å². The van der Waals surface area contributed by atoms with Crippen molar-refractivity contribution >= 4 is 0 Å². The third kappa shape index (κ3) is 4.22. The summed E-state index contributed by atoms with van der Waals surface area (Å²) in [4.78, 5) is 2.61. The Labute approximate surface area is 112 Å². The van der Waals surface area contributed by atoms with Crippen molar-refractivity contribution in [3.8, 4) is 0 Å². The normalized spacial score (nSPS) is 30.0. The van der Waals surface area contributed by atoms with Crippen LogP contribution in [-0.2, 0) is 4.74 Å². The van der Waals surface area contributed by atoms with Gasteiger partial charge in [-0.1, -0.05) is 19.8 Å². The van der Waals surface area contributed by atoms with Crippen LogP contribution in [0.4, 0.5) is 0 Å². The van der Waals surface area contributed by atoms with Gasteiger partial charge in [0.25, 0.3) is 0 Å². The second-order valence-electron chi connectivity index (χ2n) is 6.34. The van der Waals surface area contributed by atoms with E-state index < -0.39 is 0 Å². The lowest BCUT2D eigenvalue weighted by molar-refractivity contribution is 0.0380. The Morgan fingerprint density at radius 2 is 2.00 bits per heavy atom. The molecule has 0 aromatic heterocycles. The Morgan fingerprint density at radius 1 is 1.22 bits per heavy atom. The molecule has 0 saturated carbocycles. The van der Waals surface area contributed by atoms with Crippen LogP contribution in [0.1, 0.15) is 51.9 Å². The van der Waals surface area contributed by atoms with Crippen molar-refractivity contribution < 1.29 is 4.74 Å². The molecule has 0 aromatic carbocycles. The number of rotatable bonds is 4. The summed E-state index contributed by atoms with van der Waals surface area (Å²) in [6.45, 7) is 7.59. The van der Waals surface area contributed by atoms with Gasteiger partial charge in [-0.15, -0.1) is 0 Å². The molecule has 1 atom stereocenters. The van der Waals surface area contributed by atoms with Crippen LogP contribution < -0.4 is 5.73 Å². The highest BCUT2D eigenvalue weighted by Gasteiger charge is 2.30. The van der Waals surface area contributed by atoms with Gasteiger partial charge in [-0.25, -0.2) is 0 Å². The first kappa shape index (κ1) is 14.3. The molecule has 0 amide bonds. The largest absolute Gasteiger partial charge is 0.381 e. The van der Waals surface area contributed by atoms with Crippen LogP contribution in [0.25, 0.3) is 0 Å². The van der Waals surface area contributed by atoms with Crippen molar-refractivity contribution in [1.82, 2.24) is 4.90 Å². The first-order chi connectivity index (χ1) is 8.72. The van der Waals surface area contributed by atoms with Crippen LogP contribution in [0.5, 0.6) is 0 Å². The standard InChI is InChI=1S/C15H30N2O/c1-2-4-14-5-3-9-17(10-6-14)13-15(16)7-11-18-12-8-15/h14H,2-13,16H2,1H3. The lowest BCUT2D eigenvalue weighted by Gasteiger charge is -2.37. The summed E-state index contributed by atoms with van der Waals surface area (Å²) in [5, 5.41) is 0. The zero-order chi connectivity index (χ0) is 12.8. The van der Waals surface area contributed by atoms with Gasteiger partial charge in [0.05, 0.1) is 0 Å². The number of hydrogen-bond donors (Lipinski definition) is 1. The topological polar surface area (TPSA) is 38.5 Å². The third-order valence-corrected chi connectivity index (χ3v) is 4.66. The Balaban J connectivity index is 1.79. The molecule has 2 aliphatic rings. The maximum Gasteiger partial charge on any atom is 0.0484 e. The van der Waals surface area contributed by atoms with Crippen LogP contribution in [0, 0.1) is 5.92 Å². The highest BCUT2D eigenvalue weighted by Crippen LogP contribution is 2.25. The molecule has 0 radical (unpaired) electrons. The molecule has 0 bridgehead atoms. The Kier molecular flexibility index (Phi) is 5.46. The minimum Gasteiger partial charge on any atom is -0.381 e. The van der Waals surface area contributed by atoms with E-state index >= 15 is 0 Å². The maximum absolute atomic E-state index is 6.51. The van der Waals surface area contributed by atoms with E-state index in [2.05, 4.69) is 11.8 Å². The molecule has 106 valence electrons. The van der Waals surface area contributed by atoms with Crippen molar-refractivity contribution in [3.05, 3.63) is 0 Å². The van der Waals surface area contributed by atoms with Gasteiger partial charge in [-0.3, -0.25) is 0 Å². The molecular weight excluding hydrogens is 224 g/mol. The van der Waals surface area contributed by atoms with Gasteiger partial charge in [-0.2, -0.15) is 0 Å². The summed E-state index contributed by atoms with van der Waals surface area (Å²) in [6, 6.07) is 0. The Morgan fingerprint density at radius 3 is 2.72 bits per heavy atom. The van der Waals surface area contributed by atoms with E-state index in [9.17, 15) is 0 Å². The number of nitrogens with two attached hydrogens (primary N) is 1. The van der Waals surface area contributed by atoms with Crippen molar-refractivity contribution in [1.29, 1.82) is 0 Å². The van der Waals surface area contributed by atoms with Crippen LogP contribution in [0.3, 0.4) is 0 Å². The Hall–Kier alpha value is -0.120. The summed E-state index contributed by atoms with van der Waals surface area (Å²) in [7, 11) is 0. The smallest absolute Gasteiger partial charge is 0.0484 e. The monoisotopic (exact) mass is 254 g/mol. The molecule has 3 nitrogen and oxygen atoms in total. The summed E-state index contributed by atoms with van der Waals surface area (Å²) in [6.07, 6.45) is 8.96. The summed E-state index contributed by atoms with van der Waals surface area (Å²) in [5.74, 6) is 0.961. The quantitative estimate of drug-likeness (QED) is 0.837. The van der Waals surface area contributed by atoms with Crippen LogP contribution in [-0.4, -0.2) is 43.3 Å². The molecule has 0 spiro atoms. The maximum atomic E-state index is 6.51. The molecule has 1 unspecified atom stereocenters. The van der Waals surface area contributed by atoms with Crippen LogP contribution in [0.15, 0.2) is 0 Å². The number of nitrogens with zero attached hydrogens (tertiary/aromatic N) is 1. The molecule has 0 aliphatic carbocycles. The molecular formula is C15H30N2O. The molecule has 2 N–H and O–H groups in total. The molecule has 2 aliphatic heterocycles. The highest BCUT2D eigenvalue weighted by molar-refractivity contribution is 4.90. The Bertz CT molecular complexity index is 239. The van der Waals surface area contributed by atoms with E-state index in [1.165, 1.54) is 45.2 Å². The fourth-order valence-corrected chi connectivity index (χ4v) is 3.46. The van der Waals surface area contributed by atoms with Gasteiger partial charge in [0.15, 0.2) is 0 Å². The molecule has 2 fully saturated rings. The lowest BCUT2D eigenvalue weighted by atomic mass is 9.90. The fraction of sp³-hybridized carbons (Fsp3) is 1.00. The molecule has 2 saturated heterocycles. The number of hydrogen-bond acceptors (Lipinski definition) is 3. The van der Waals surface area contributed by atoms with E-state index in [0.29, 0.717) is 0 Å². The predicted molar refractivity (Wildman–Crippen MR) is 75.7 cm³/mol. The van der Waals surface area contributed by atoms with Gasteiger partial charge in [-0.05, 0) is 51.1 Å². The van der Waals surface area contributed by atoms with E-state index in [4.69, 9.17) is 10.5 Å². The van der Waals surface area contributed by atoms with Crippen molar-refractivity contribution in [2.45, 2.75) is 57.4 Å². The van der Waals surface area contributed by atoms with Crippen molar-refractivity contribution in [3.63, 3.8) is 0 Å². The molecule has 3 heteroatoms. The van der Waals surface area contributed by atoms with Crippen LogP contribution >= 0.6 is 0 Å². The second-order valence-corrected chi connectivity index (χ2v) is 6.34. The number of likely N-dealkylation sites (tertiary alicyclic amines) is 1. The molecule has 18 heavy (non-hydrogen) atoms. The summed E-state index contributed by atoms with van der Waals surface area (Å²) < 4.78 is 5.43. The first-order valence-electron chi connectivity index (χ1n) is 7.81. The molecule has 2 heterocycles. The zero-order valence-corrected chi connectivity index (χ0v) is 12.0. The average Bonchev–Trinajstić information content (AvgIpc) is 2.56. The average molecular weight is 254 g/mol. The molecule has 0 aromatic rings. The highest BCUT2D eigenvalue weighted by atomic mass is 16.5. The lowest BCUT2D eigenvalue weighted by Crippen LogP contribution is -2.53. The zero-order valence-electron chi connectivity index (χ0n) is 12.0. The summed E-state index contributed by atoms with van der Waals surface area (Å²) in [5.41, 5.74) is 6.53. The minimum atomic E-state index is 0.0167.